The molecule has 202 valence electrons. The molecule has 0 saturated carbocycles. The maximum Gasteiger partial charge on any atom is 0.261 e. The summed E-state index contributed by atoms with van der Waals surface area (Å²) < 4.78 is 0. The maximum absolute atomic E-state index is 12.5. The lowest BCUT2D eigenvalue weighted by atomic mass is 10.1. The summed E-state index contributed by atoms with van der Waals surface area (Å²) in [7, 11) is 4.08. The summed E-state index contributed by atoms with van der Waals surface area (Å²) in [5.74, 6) is -0.747. The van der Waals surface area contributed by atoms with Crippen LogP contribution in [0.1, 0.15) is 80.0 Å². The summed E-state index contributed by atoms with van der Waals surface area (Å²) in [5, 5.41) is 0. The second-order valence-corrected chi connectivity index (χ2v) is 10.3. The van der Waals surface area contributed by atoms with E-state index in [0.29, 0.717) is 48.4 Å². The molecule has 0 unspecified atom stereocenters. The van der Waals surface area contributed by atoms with Crippen molar-refractivity contribution in [3.05, 3.63) is 70.8 Å². The van der Waals surface area contributed by atoms with Crippen molar-refractivity contribution >= 4 is 23.6 Å². The van der Waals surface area contributed by atoms with Crippen molar-refractivity contribution in [1.29, 1.82) is 0 Å². The number of unbranched alkanes of at least 4 members (excludes halogenated alkanes) is 5. The maximum atomic E-state index is 12.5. The molecule has 2 aliphatic heterocycles. The van der Waals surface area contributed by atoms with Crippen molar-refractivity contribution in [2.24, 2.45) is 0 Å². The minimum atomic E-state index is -0.187. The van der Waals surface area contributed by atoms with Crippen LogP contribution in [0.2, 0.25) is 0 Å². The average molecular weight is 519 g/mol. The van der Waals surface area contributed by atoms with Crippen molar-refractivity contribution < 1.29 is 19.2 Å². The van der Waals surface area contributed by atoms with Gasteiger partial charge in [0.15, 0.2) is 0 Å². The third-order valence-corrected chi connectivity index (χ3v) is 7.50. The SMILES string of the molecule is CN(CCCCCCCCN(C)CCN1C(=O)c2ccccc2C1=O)CCN1C(=O)c2ccccc2C1=O. The zero-order valence-corrected chi connectivity index (χ0v) is 22.5. The summed E-state index contributed by atoms with van der Waals surface area (Å²) in [4.78, 5) is 57.0. The predicted octanol–water partition coefficient (Wildman–Crippen LogP) is 3.78. The van der Waals surface area contributed by atoms with Crippen LogP contribution in [-0.4, -0.2) is 96.6 Å². The molecule has 2 aliphatic rings. The van der Waals surface area contributed by atoms with Crippen molar-refractivity contribution in [1.82, 2.24) is 19.6 Å². The molecule has 0 atom stereocenters. The fraction of sp³-hybridized carbons (Fsp3) is 0.467. The molecule has 0 fully saturated rings. The Morgan fingerprint density at radius 2 is 0.763 bits per heavy atom. The highest BCUT2D eigenvalue weighted by molar-refractivity contribution is 6.22. The standard InChI is InChI=1S/C30H38N4O4/c1-31(19-21-33-27(35)23-13-7-8-14-24(23)28(33)36)17-11-5-3-4-6-12-18-32(2)20-22-34-29(37)25-15-9-10-16-26(25)30(34)38/h7-10,13-16H,3-6,11-12,17-22H2,1-2H3. The molecule has 4 amide bonds. The van der Waals surface area contributed by atoms with Gasteiger partial charge in [-0.2, -0.15) is 0 Å². The Labute approximate surface area is 225 Å². The van der Waals surface area contributed by atoms with Crippen LogP contribution in [-0.2, 0) is 0 Å². The van der Waals surface area contributed by atoms with Crippen molar-refractivity contribution in [3.63, 3.8) is 0 Å². The molecule has 8 nitrogen and oxygen atoms in total. The van der Waals surface area contributed by atoms with E-state index in [1.165, 1.54) is 22.6 Å². The van der Waals surface area contributed by atoms with Gasteiger partial charge in [-0.1, -0.05) is 49.9 Å². The molecule has 4 rings (SSSR count). The van der Waals surface area contributed by atoms with Crippen LogP contribution >= 0.6 is 0 Å². The van der Waals surface area contributed by atoms with Gasteiger partial charge in [-0.25, -0.2) is 0 Å². The number of carbonyl (C=O) groups is 4. The zero-order valence-electron chi connectivity index (χ0n) is 22.5. The van der Waals surface area contributed by atoms with Gasteiger partial charge < -0.3 is 9.80 Å². The number of fused-ring (bicyclic) bond motifs is 2. The number of carbonyl (C=O) groups excluding carboxylic acids is 4. The summed E-state index contributed by atoms with van der Waals surface area (Å²) >= 11 is 0. The van der Waals surface area contributed by atoms with Crippen LogP contribution in [0.4, 0.5) is 0 Å². The topological polar surface area (TPSA) is 81.2 Å². The smallest absolute Gasteiger partial charge is 0.261 e. The van der Waals surface area contributed by atoms with Crippen LogP contribution < -0.4 is 0 Å². The molecule has 0 spiro atoms. The largest absolute Gasteiger partial charge is 0.305 e. The van der Waals surface area contributed by atoms with Crippen LogP contribution in [0.3, 0.4) is 0 Å². The first kappa shape index (κ1) is 27.7. The van der Waals surface area contributed by atoms with E-state index in [-0.39, 0.29) is 23.6 Å². The van der Waals surface area contributed by atoms with E-state index < -0.39 is 0 Å². The van der Waals surface area contributed by atoms with Gasteiger partial charge in [-0.3, -0.25) is 29.0 Å². The first-order chi connectivity index (χ1) is 18.4. The summed E-state index contributed by atoms with van der Waals surface area (Å²) in [5.41, 5.74) is 2.03. The molecule has 2 aromatic carbocycles. The Morgan fingerprint density at radius 1 is 0.474 bits per heavy atom. The van der Waals surface area contributed by atoms with Gasteiger partial charge in [0.1, 0.15) is 0 Å². The minimum absolute atomic E-state index is 0.187. The third kappa shape index (κ3) is 6.37. The normalized spacial score (nSPS) is 14.8. The average Bonchev–Trinajstić information content (AvgIpc) is 3.32. The lowest BCUT2D eigenvalue weighted by Gasteiger charge is -2.21. The Morgan fingerprint density at radius 3 is 1.08 bits per heavy atom. The molecule has 38 heavy (non-hydrogen) atoms. The molecule has 2 heterocycles. The second kappa shape index (κ2) is 12.9. The molecule has 0 N–H and O–H groups in total. The number of amides is 4. The number of likely N-dealkylation sites (N-methyl/N-ethyl adjacent to an activating group) is 2. The number of nitrogens with zero attached hydrogens (tertiary/aromatic N) is 4. The first-order valence-corrected chi connectivity index (χ1v) is 13.7. The van der Waals surface area contributed by atoms with E-state index in [9.17, 15) is 19.2 Å². The molecule has 0 bridgehead atoms. The van der Waals surface area contributed by atoms with E-state index in [1.807, 2.05) is 14.1 Å². The Bertz CT molecular complexity index is 1020. The second-order valence-electron chi connectivity index (χ2n) is 10.3. The van der Waals surface area contributed by atoms with Gasteiger partial charge in [0.25, 0.3) is 23.6 Å². The lowest BCUT2D eigenvalue weighted by molar-refractivity contribution is 0.0625. The predicted molar refractivity (Wildman–Crippen MR) is 146 cm³/mol. The number of rotatable bonds is 15. The van der Waals surface area contributed by atoms with Crippen LogP contribution in [0.5, 0.6) is 0 Å². The van der Waals surface area contributed by atoms with E-state index in [4.69, 9.17) is 0 Å². The highest BCUT2D eigenvalue weighted by Gasteiger charge is 2.35. The third-order valence-electron chi connectivity index (χ3n) is 7.50. The molecule has 8 heteroatoms. The molecular formula is C30H38N4O4. The van der Waals surface area contributed by atoms with Crippen molar-refractivity contribution in [2.75, 3.05) is 53.4 Å². The fourth-order valence-electron chi connectivity index (χ4n) is 5.12. The number of benzene rings is 2. The van der Waals surface area contributed by atoms with Gasteiger partial charge in [0.2, 0.25) is 0 Å². The summed E-state index contributed by atoms with van der Waals surface area (Å²) in [6, 6.07) is 14.0. The molecule has 0 aliphatic carbocycles. The minimum Gasteiger partial charge on any atom is -0.305 e. The van der Waals surface area contributed by atoms with Crippen LogP contribution in [0, 0.1) is 0 Å². The van der Waals surface area contributed by atoms with E-state index in [2.05, 4.69) is 9.80 Å². The van der Waals surface area contributed by atoms with Gasteiger partial charge in [0.05, 0.1) is 22.3 Å². The quantitative estimate of drug-likeness (QED) is 0.264. The van der Waals surface area contributed by atoms with Gasteiger partial charge in [-0.15, -0.1) is 0 Å². The molecule has 0 saturated heterocycles. The molecule has 0 radical (unpaired) electrons. The van der Waals surface area contributed by atoms with Crippen LogP contribution in [0.15, 0.2) is 48.5 Å². The molecule has 2 aromatic rings. The van der Waals surface area contributed by atoms with E-state index >= 15 is 0 Å². The number of hydrogen-bond donors (Lipinski definition) is 0. The number of imide groups is 2. The summed E-state index contributed by atoms with van der Waals surface area (Å²) in [6.07, 6.45) is 6.88. The van der Waals surface area contributed by atoms with Gasteiger partial charge in [-0.05, 0) is 64.3 Å². The first-order valence-electron chi connectivity index (χ1n) is 13.7. The van der Waals surface area contributed by atoms with Gasteiger partial charge in [0, 0.05) is 26.2 Å². The molecular weight excluding hydrogens is 480 g/mol. The highest BCUT2D eigenvalue weighted by Crippen LogP contribution is 2.23. The van der Waals surface area contributed by atoms with Crippen molar-refractivity contribution in [2.45, 2.75) is 38.5 Å². The highest BCUT2D eigenvalue weighted by atomic mass is 16.2. The fourth-order valence-corrected chi connectivity index (χ4v) is 5.12. The van der Waals surface area contributed by atoms with Crippen LogP contribution in [0.25, 0.3) is 0 Å². The van der Waals surface area contributed by atoms with E-state index in [0.717, 1.165) is 38.8 Å². The molecule has 0 aromatic heterocycles. The zero-order chi connectivity index (χ0) is 27.1. The van der Waals surface area contributed by atoms with Crippen molar-refractivity contribution in [3.8, 4) is 0 Å². The van der Waals surface area contributed by atoms with E-state index in [1.54, 1.807) is 48.5 Å². The van der Waals surface area contributed by atoms with Gasteiger partial charge >= 0.3 is 0 Å². The Balaban J connectivity index is 1.01. The Hall–Kier alpha value is -3.36. The number of hydrogen-bond acceptors (Lipinski definition) is 6. The lowest BCUT2D eigenvalue weighted by Crippen LogP contribution is -2.37. The summed E-state index contributed by atoms with van der Waals surface area (Å²) in [6.45, 7) is 4.09. The Kier molecular flexibility index (Phi) is 9.42. The monoisotopic (exact) mass is 518 g/mol.